The van der Waals surface area contributed by atoms with Crippen molar-refractivity contribution in [2.45, 2.75) is 25.9 Å². The van der Waals surface area contributed by atoms with Gasteiger partial charge < -0.3 is 20.8 Å². The van der Waals surface area contributed by atoms with Crippen molar-refractivity contribution in [1.29, 1.82) is 0 Å². The zero-order valence-corrected chi connectivity index (χ0v) is 13.3. The second-order valence-corrected chi connectivity index (χ2v) is 4.52. The molecule has 1 saturated carbocycles. The number of furan rings is 1. The smallest absolute Gasteiger partial charge is 0.284 e. The molecule has 2 rings (SSSR count). The van der Waals surface area contributed by atoms with Crippen LogP contribution >= 0.6 is 24.0 Å². The molecule has 1 fully saturated rings. The molecule has 1 aliphatic rings. The van der Waals surface area contributed by atoms with E-state index in [2.05, 4.69) is 22.5 Å². The summed E-state index contributed by atoms with van der Waals surface area (Å²) >= 11 is 0. The van der Waals surface area contributed by atoms with Gasteiger partial charge in [0.2, 0.25) is 0 Å². The number of guanidine groups is 1. The number of nitrogens with two attached hydrogens (primary N) is 1. The molecule has 2 unspecified atom stereocenters. The Balaban J connectivity index is 0.00000180. The summed E-state index contributed by atoms with van der Waals surface area (Å²) in [5.74, 6) is 1.70. The van der Waals surface area contributed by atoms with Crippen LogP contribution < -0.4 is 16.4 Å². The van der Waals surface area contributed by atoms with Gasteiger partial charge in [-0.1, -0.05) is 6.92 Å². The van der Waals surface area contributed by atoms with E-state index in [-0.39, 0.29) is 29.7 Å². The SMILES string of the molecule is CN=C(NCc1ccc(C(N)=O)o1)NC1CC1C.I. The standard InChI is InChI=1S/C12H18N4O2.HI/c1-7-5-9(7)16-12(14-2)15-6-8-3-4-10(18-8)11(13)17;/h3-4,7,9H,5-6H2,1-2H3,(H2,13,17)(H2,14,15,16);1H. The largest absolute Gasteiger partial charge is 0.454 e. The quantitative estimate of drug-likeness (QED) is 0.415. The summed E-state index contributed by atoms with van der Waals surface area (Å²) in [6, 6.07) is 3.80. The van der Waals surface area contributed by atoms with Gasteiger partial charge in [0.15, 0.2) is 11.7 Å². The van der Waals surface area contributed by atoms with Crippen LogP contribution in [0.2, 0.25) is 0 Å². The molecular weight excluding hydrogens is 359 g/mol. The average molecular weight is 378 g/mol. The van der Waals surface area contributed by atoms with Gasteiger partial charge in [-0.15, -0.1) is 24.0 Å². The Kier molecular flexibility index (Phi) is 5.64. The van der Waals surface area contributed by atoms with Crippen LogP contribution in [0.1, 0.15) is 29.7 Å². The molecule has 0 spiro atoms. The number of primary amides is 1. The maximum Gasteiger partial charge on any atom is 0.284 e. The van der Waals surface area contributed by atoms with E-state index in [1.807, 2.05) is 0 Å². The molecule has 0 saturated heterocycles. The number of rotatable bonds is 4. The van der Waals surface area contributed by atoms with Crippen molar-refractivity contribution >= 4 is 35.8 Å². The summed E-state index contributed by atoms with van der Waals surface area (Å²) in [4.78, 5) is 15.0. The zero-order chi connectivity index (χ0) is 13.1. The Hall–Kier alpha value is -1.25. The highest BCUT2D eigenvalue weighted by Crippen LogP contribution is 2.28. The van der Waals surface area contributed by atoms with E-state index in [4.69, 9.17) is 10.2 Å². The summed E-state index contributed by atoms with van der Waals surface area (Å²) in [6.45, 7) is 2.66. The molecule has 4 N–H and O–H groups in total. The van der Waals surface area contributed by atoms with Gasteiger partial charge in [0.05, 0.1) is 6.54 Å². The fourth-order valence-electron chi connectivity index (χ4n) is 1.67. The number of halogens is 1. The summed E-state index contributed by atoms with van der Waals surface area (Å²) in [7, 11) is 1.72. The molecule has 0 aliphatic heterocycles. The second-order valence-electron chi connectivity index (χ2n) is 4.52. The Morgan fingerprint density at radius 1 is 1.58 bits per heavy atom. The molecule has 0 radical (unpaired) electrons. The van der Waals surface area contributed by atoms with Crippen molar-refractivity contribution in [3.05, 3.63) is 23.7 Å². The number of carbonyl (C=O) groups is 1. The van der Waals surface area contributed by atoms with Crippen molar-refractivity contribution in [2.24, 2.45) is 16.6 Å². The average Bonchev–Trinajstić information content (AvgIpc) is 2.84. The predicted molar refractivity (Wildman–Crippen MR) is 83.5 cm³/mol. The van der Waals surface area contributed by atoms with Crippen LogP contribution in [0.5, 0.6) is 0 Å². The van der Waals surface area contributed by atoms with Crippen LogP contribution in [0.3, 0.4) is 0 Å². The third-order valence-corrected chi connectivity index (χ3v) is 2.99. The lowest BCUT2D eigenvalue weighted by atomic mass is 10.4. The maximum atomic E-state index is 10.9. The van der Waals surface area contributed by atoms with Gasteiger partial charge >= 0.3 is 0 Å². The van der Waals surface area contributed by atoms with Gasteiger partial charge in [-0.05, 0) is 24.5 Å². The first-order chi connectivity index (χ1) is 8.60. The Bertz CT molecular complexity index is 472. The molecule has 1 amide bonds. The lowest BCUT2D eigenvalue weighted by Crippen LogP contribution is -2.38. The van der Waals surface area contributed by atoms with Crippen LogP contribution in [0.15, 0.2) is 21.5 Å². The van der Waals surface area contributed by atoms with Gasteiger partial charge in [0.1, 0.15) is 5.76 Å². The molecule has 1 aromatic rings. The first-order valence-corrected chi connectivity index (χ1v) is 5.96. The van der Waals surface area contributed by atoms with Gasteiger partial charge in [-0.25, -0.2) is 0 Å². The third kappa shape index (κ3) is 4.41. The first-order valence-electron chi connectivity index (χ1n) is 5.96. The van der Waals surface area contributed by atoms with E-state index in [0.29, 0.717) is 24.3 Å². The fraction of sp³-hybridized carbons (Fsp3) is 0.500. The highest BCUT2D eigenvalue weighted by molar-refractivity contribution is 14.0. The van der Waals surface area contributed by atoms with E-state index in [1.54, 1.807) is 19.2 Å². The van der Waals surface area contributed by atoms with Crippen molar-refractivity contribution in [2.75, 3.05) is 7.05 Å². The van der Waals surface area contributed by atoms with E-state index < -0.39 is 5.91 Å². The molecule has 0 aromatic carbocycles. The Labute approximate surface area is 129 Å². The van der Waals surface area contributed by atoms with Crippen molar-refractivity contribution < 1.29 is 9.21 Å². The number of nitrogens with one attached hydrogen (secondary N) is 2. The molecule has 7 heteroatoms. The summed E-state index contributed by atoms with van der Waals surface area (Å²) < 4.78 is 5.26. The molecule has 0 bridgehead atoms. The van der Waals surface area contributed by atoms with E-state index in [1.165, 1.54) is 6.42 Å². The minimum Gasteiger partial charge on any atom is -0.454 e. The lowest BCUT2D eigenvalue weighted by molar-refractivity contribution is 0.0972. The maximum absolute atomic E-state index is 10.9. The number of carbonyl (C=O) groups excluding carboxylic acids is 1. The minimum atomic E-state index is -0.560. The highest BCUT2D eigenvalue weighted by Gasteiger charge is 2.33. The van der Waals surface area contributed by atoms with Gasteiger partial charge in [0.25, 0.3) is 5.91 Å². The number of aliphatic imine (C=N–C) groups is 1. The second kappa shape index (κ2) is 6.78. The van der Waals surface area contributed by atoms with Gasteiger partial charge in [-0.3, -0.25) is 9.79 Å². The predicted octanol–water partition coefficient (Wildman–Crippen LogP) is 1.07. The molecule has 2 atom stereocenters. The summed E-state index contributed by atoms with van der Waals surface area (Å²) in [5, 5.41) is 6.42. The molecule has 19 heavy (non-hydrogen) atoms. The molecule has 1 aromatic heterocycles. The van der Waals surface area contributed by atoms with Gasteiger partial charge in [0, 0.05) is 13.1 Å². The molecular formula is C12H19IN4O2. The lowest BCUT2D eigenvalue weighted by Gasteiger charge is -2.10. The third-order valence-electron chi connectivity index (χ3n) is 2.99. The number of hydrogen-bond donors (Lipinski definition) is 3. The molecule has 1 aliphatic carbocycles. The van der Waals surface area contributed by atoms with E-state index in [0.717, 1.165) is 5.96 Å². The minimum absolute atomic E-state index is 0. The molecule has 1 heterocycles. The van der Waals surface area contributed by atoms with Crippen LogP contribution in [-0.4, -0.2) is 25.0 Å². The van der Waals surface area contributed by atoms with Crippen molar-refractivity contribution in [3.8, 4) is 0 Å². The van der Waals surface area contributed by atoms with Gasteiger partial charge in [-0.2, -0.15) is 0 Å². The highest BCUT2D eigenvalue weighted by atomic mass is 127. The normalized spacial score (nSPS) is 21.5. The fourth-order valence-corrected chi connectivity index (χ4v) is 1.67. The van der Waals surface area contributed by atoms with Crippen LogP contribution in [0.25, 0.3) is 0 Å². The Morgan fingerprint density at radius 3 is 2.74 bits per heavy atom. The Morgan fingerprint density at radius 2 is 2.26 bits per heavy atom. The first kappa shape index (κ1) is 15.8. The number of hydrogen-bond acceptors (Lipinski definition) is 3. The molecule has 106 valence electrons. The van der Waals surface area contributed by atoms with Crippen molar-refractivity contribution in [3.63, 3.8) is 0 Å². The van der Waals surface area contributed by atoms with Crippen molar-refractivity contribution in [1.82, 2.24) is 10.6 Å². The van der Waals surface area contributed by atoms with E-state index >= 15 is 0 Å². The summed E-state index contributed by atoms with van der Waals surface area (Å²) in [5.41, 5.74) is 5.11. The topological polar surface area (TPSA) is 92.6 Å². The molecule has 6 nitrogen and oxygen atoms in total. The van der Waals surface area contributed by atoms with E-state index in [9.17, 15) is 4.79 Å². The van der Waals surface area contributed by atoms with Crippen LogP contribution in [-0.2, 0) is 6.54 Å². The number of nitrogens with zero attached hydrogens (tertiary/aromatic N) is 1. The van der Waals surface area contributed by atoms with Crippen LogP contribution in [0.4, 0.5) is 0 Å². The van der Waals surface area contributed by atoms with Crippen LogP contribution in [0, 0.1) is 5.92 Å². The summed E-state index contributed by atoms with van der Waals surface area (Å²) in [6.07, 6.45) is 1.17. The zero-order valence-electron chi connectivity index (χ0n) is 11.0. The monoisotopic (exact) mass is 378 g/mol. The number of amides is 1.